The van der Waals surface area contributed by atoms with Crippen LogP contribution in [0.3, 0.4) is 0 Å². The third-order valence-electron chi connectivity index (χ3n) is 5.24. The molecule has 0 saturated carbocycles. The molecule has 0 radical (unpaired) electrons. The molecule has 1 amide bonds. The molecule has 30 heavy (non-hydrogen) atoms. The number of anilines is 1. The zero-order chi connectivity index (χ0) is 22.1. The minimum Gasteiger partial charge on any atom is -0.491 e. The van der Waals surface area contributed by atoms with Crippen molar-refractivity contribution in [1.82, 2.24) is 14.9 Å². The first-order chi connectivity index (χ1) is 14.3. The number of piperidine rings is 1. The number of nitrogens with one attached hydrogen (secondary N) is 2. The van der Waals surface area contributed by atoms with E-state index in [2.05, 4.69) is 22.2 Å². The fraction of sp³-hybridized carbons (Fsp3) is 0.565. The van der Waals surface area contributed by atoms with Gasteiger partial charge in [-0.25, -0.2) is 9.97 Å². The highest BCUT2D eigenvalue weighted by Crippen LogP contribution is 2.24. The summed E-state index contributed by atoms with van der Waals surface area (Å²) >= 11 is 0. The van der Waals surface area contributed by atoms with E-state index >= 15 is 0 Å². The van der Waals surface area contributed by atoms with E-state index in [1.807, 2.05) is 39.8 Å². The van der Waals surface area contributed by atoms with Crippen LogP contribution in [0.5, 0.6) is 0 Å². The number of aryl methyl sites for hydroxylation is 2. The van der Waals surface area contributed by atoms with Gasteiger partial charge >= 0.3 is 0 Å². The lowest BCUT2D eigenvalue weighted by molar-refractivity contribution is -0.126. The monoisotopic (exact) mass is 413 g/mol. The molecule has 1 fully saturated rings. The molecule has 2 atom stereocenters. The Morgan fingerprint density at radius 3 is 2.67 bits per heavy atom. The third-order valence-corrected chi connectivity index (χ3v) is 5.24. The average Bonchev–Trinajstić information content (AvgIpc) is 2.71. The van der Waals surface area contributed by atoms with Crippen molar-refractivity contribution >= 4 is 17.6 Å². The van der Waals surface area contributed by atoms with E-state index in [-0.39, 0.29) is 11.6 Å². The number of aromatic nitrogens is 2. The predicted molar refractivity (Wildman–Crippen MR) is 121 cm³/mol. The van der Waals surface area contributed by atoms with Gasteiger partial charge in [-0.1, -0.05) is 26.0 Å². The summed E-state index contributed by atoms with van der Waals surface area (Å²) in [4.78, 5) is 23.5. The van der Waals surface area contributed by atoms with Gasteiger partial charge in [-0.15, -0.1) is 0 Å². The van der Waals surface area contributed by atoms with E-state index in [1.54, 1.807) is 17.1 Å². The number of amides is 1. The second-order valence-electron chi connectivity index (χ2n) is 7.91. The van der Waals surface area contributed by atoms with E-state index in [1.165, 1.54) is 0 Å². The number of carbonyl (C=O) groups excluding carboxylic acids is 1. The van der Waals surface area contributed by atoms with Gasteiger partial charge < -0.3 is 15.0 Å². The van der Waals surface area contributed by atoms with Gasteiger partial charge in [-0.2, -0.15) is 0 Å². The summed E-state index contributed by atoms with van der Waals surface area (Å²) in [7, 11) is 0. The molecule has 1 aromatic heterocycles. The van der Waals surface area contributed by atoms with Crippen LogP contribution in [0.15, 0.2) is 30.1 Å². The highest BCUT2D eigenvalue weighted by atomic mass is 16.5. The average molecular weight is 414 g/mol. The largest absolute Gasteiger partial charge is 0.491 e. The van der Waals surface area contributed by atoms with Crippen molar-refractivity contribution in [2.24, 2.45) is 11.8 Å². The summed E-state index contributed by atoms with van der Waals surface area (Å²) < 4.78 is 5.64. The molecule has 164 valence electrons. The van der Waals surface area contributed by atoms with Crippen molar-refractivity contribution in [2.75, 3.05) is 31.6 Å². The van der Waals surface area contributed by atoms with Gasteiger partial charge in [0, 0.05) is 31.0 Å². The van der Waals surface area contributed by atoms with Gasteiger partial charge in [0.25, 0.3) is 5.91 Å². The van der Waals surface area contributed by atoms with Crippen molar-refractivity contribution in [3.8, 4) is 0 Å². The second kappa shape index (κ2) is 11.5. The number of rotatable bonds is 9. The summed E-state index contributed by atoms with van der Waals surface area (Å²) in [5.41, 5.74) is 1.82. The fourth-order valence-electron chi connectivity index (χ4n) is 3.57. The quantitative estimate of drug-likeness (QED) is 0.364. The lowest BCUT2D eigenvalue weighted by Gasteiger charge is -2.37. The molecule has 1 saturated heterocycles. The van der Waals surface area contributed by atoms with Gasteiger partial charge in [-0.3, -0.25) is 10.2 Å². The maximum absolute atomic E-state index is 12.9. The molecular formula is C23H35N5O2. The van der Waals surface area contributed by atoms with Crippen LogP contribution in [0, 0.1) is 31.1 Å². The Hall–Kier alpha value is -2.70. The lowest BCUT2D eigenvalue weighted by atomic mass is 9.86. The van der Waals surface area contributed by atoms with Crippen molar-refractivity contribution in [1.29, 1.82) is 5.41 Å². The van der Waals surface area contributed by atoms with Gasteiger partial charge in [0.1, 0.15) is 5.76 Å². The molecule has 2 N–H and O–H groups in total. The number of likely N-dealkylation sites (tertiary alicyclic amines) is 1. The summed E-state index contributed by atoms with van der Waals surface area (Å²) in [5, 5.41) is 11.7. The number of ether oxygens (including phenoxy) is 1. The fourth-order valence-corrected chi connectivity index (χ4v) is 3.57. The van der Waals surface area contributed by atoms with E-state index in [9.17, 15) is 4.79 Å². The summed E-state index contributed by atoms with van der Waals surface area (Å²) in [5.74, 6) is 1.46. The third kappa shape index (κ3) is 6.68. The smallest absolute Gasteiger partial charge is 0.275 e. The minimum atomic E-state index is -0.266. The van der Waals surface area contributed by atoms with Crippen LogP contribution in [-0.2, 0) is 9.53 Å². The van der Waals surface area contributed by atoms with Crippen molar-refractivity contribution in [3.63, 3.8) is 0 Å². The van der Waals surface area contributed by atoms with E-state index in [4.69, 9.17) is 10.1 Å². The van der Waals surface area contributed by atoms with Gasteiger partial charge in [0.05, 0.1) is 6.61 Å². The number of hydrogen-bond acceptors (Lipinski definition) is 6. The molecule has 1 aliphatic rings. The highest BCUT2D eigenvalue weighted by molar-refractivity contribution is 6.43. The molecule has 7 heteroatoms. The standard InChI is InChI=1S/C23H35N5O2/c1-6-8-9-20(30-12-7-2)21(24)22(29)28-11-10-19(16(3)15-28)14-25-23-26-17(4)13-18(5)27-23/h6,8-9,13,16,19,24H,7,10-12,14-15H2,1-5H3,(H,25,26,27)/b8-6-,20-9+,24-21?/t16-,19-/m0/s1. The SMILES string of the molecule is C/C=C\C=C(\OCCC)C(=N)C(=O)N1CC[C@@H](CNc2nc(C)cc(C)n2)[C@@H](C)C1. The second-order valence-corrected chi connectivity index (χ2v) is 7.91. The lowest BCUT2D eigenvalue weighted by Crippen LogP contribution is -2.47. The molecule has 0 unspecified atom stereocenters. The van der Waals surface area contributed by atoms with Crippen LogP contribution in [0.25, 0.3) is 0 Å². The molecule has 0 aliphatic carbocycles. The zero-order valence-electron chi connectivity index (χ0n) is 18.9. The Kier molecular flexibility index (Phi) is 9.02. The topological polar surface area (TPSA) is 91.2 Å². The van der Waals surface area contributed by atoms with Crippen LogP contribution in [0.2, 0.25) is 0 Å². The van der Waals surface area contributed by atoms with Crippen LogP contribution < -0.4 is 5.32 Å². The predicted octanol–water partition coefficient (Wildman–Crippen LogP) is 3.90. The van der Waals surface area contributed by atoms with Gasteiger partial charge in [-0.05, 0) is 57.6 Å². The van der Waals surface area contributed by atoms with Crippen LogP contribution in [-0.4, -0.2) is 52.7 Å². The van der Waals surface area contributed by atoms with Crippen molar-refractivity contribution in [2.45, 2.75) is 47.5 Å². The molecule has 7 nitrogen and oxygen atoms in total. The summed E-state index contributed by atoms with van der Waals surface area (Å²) in [6, 6.07) is 1.95. The molecule has 2 heterocycles. The van der Waals surface area contributed by atoms with E-state index < -0.39 is 0 Å². The Morgan fingerprint density at radius 1 is 1.37 bits per heavy atom. The van der Waals surface area contributed by atoms with Gasteiger partial charge in [0.2, 0.25) is 5.95 Å². The normalized spacial score (nSPS) is 19.8. The van der Waals surface area contributed by atoms with Crippen LogP contribution in [0.1, 0.15) is 45.0 Å². The van der Waals surface area contributed by atoms with Crippen molar-refractivity contribution in [3.05, 3.63) is 41.4 Å². The first kappa shape index (κ1) is 23.6. The number of nitrogens with zero attached hydrogens (tertiary/aromatic N) is 3. The molecule has 2 rings (SSSR count). The maximum Gasteiger partial charge on any atom is 0.275 e. The van der Waals surface area contributed by atoms with Crippen LogP contribution in [0.4, 0.5) is 5.95 Å². The van der Waals surface area contributed by atoms with E-state index in [0.717, 1.165) is 30.8 Å². The van der Waals surface area contributed by atoms with E-state index in [0.29, 0.717) is 43.2 Å². The summed E-state index contributed by atoms with van der Waals surface area (Å²) in [6.45, 7) is 12.5. The van der Waals surface area contributed by atoms with Crippen LogP contribution >= 0.6 is 0 Å². The maximum atomic E-state index is 12.9. The number of hydrogen-bond donors (Lipinski definition) is 2. The first-order valence-corrected chi connectivity index (χ1v) is 10.8. The zero-order valence-corrected chi connectivity index (χ0v) is 18.9. The minimum absolute atomic E-state index is 0.0750. The number of allylic oxidation sites excluding steroid dienone is 3. The Balaban J connectivity index is 1.94. The molecular weight excluding hydrogens is 378 g/mol. The number of carbonyl (C=O) groups is 1. The molecule has 0 spiro atoms. The molecule has 0 bridgehead atoms. The Labute approximate surface area is 180 Å². The molecule has 0 aromatic carbocycles. The molecule has 1 aromatic rings. The molecule has 1 aliphatic heterocycles. The Morgan fingerprint density at radius 2 is 2.07 bits per heavy atom. The highest BCUT2D eigenvalue weighted by Gasteiger charge is 2.31. The summed E-state index contributed by atoms with van der Waals surface area (Å²) in [6.07, 6.45) is 7.05. The van der Waals surface area contributed by atoms with Gasteiger partial charge in [0.15, 0.2) is 5.71 Å². The Bertz CT molecular complexity index is 783. The first-order valence-electron chi connectivity index (χ1n) is 10.8. The van der Waals surface area contributed by atoms with Crippen molar-refractivity contribution < 1.29 is 9.53 Å².